The molecular formula is C105H87F3N20O10S5. The molecule has 0 bridgehead atoms. The monoisotopic (exact) mass is 2000 g/mol. The normalized spacial score (nSPS) is 11.7. The average Bonchev–Trinajstić information content (AvgIpc) is 1.64. The summed E-state index contributed by atoms with van der Waals surface area (Å²) in [5.74, 6) is -4.84. The van der Waals surface area contributed by atoms with Crippen molar-refractivity contribution in [2.45, 2.75) is 114 Å². The first-order valence-corrected chi connectivity index (χ1v) is 49.3. The molecule has 12 heterocycles. The second-order valence-electron chi connectivity index (χ2n) is 32.6. The molecule has 0 saturated heterocycles. The highest BCUT2D eigenvalue weighted by molar-refractivity contribution is 7.14. The van der Waals surface area contributed by atoms with E-state index in [2.05, 4.69) is 68.9 Å². The van der Waals surface area contributed by atoms with Gasteiger partial charge in [-0.05, 0) is 259 Å². The van der Waals surface area contributed by atoms with Gasteiger partial charge < -0.3 is 26.2 Å². The molecule has 2 fully saturated rings. The van der Waals surface area contributed by atoms with Gasteiger partial charge in [0.05, 0.1) is 105 Å². The van der Waals surface area contributed by atoms with Crippen LogP contribution < -0.4 is 54.0 Å². The lowest BCUT2D eigenvalue weighted by Crippen LogP contribution is -2.31. The van der Waals surface area contributed by atoms with Crippen LogP contribution in [0.4, 0.5) is 75.7 Å². The van der Waals surface area contributed by atoms with Gasteiger partial charge in [-0.15, -0.1) is 56.7 Å². The van der Waals surface area contributed by atoms with Crippen LogP contribution in [0.3, 0.4) is 0 Å². The van der Waals surface area contributed by atoms with E-state index in [4.69, 9.17) is 5.26 Å². The fourth-order valence-electron chi connectivity index (χ4n) is 15.4. The average molecular weight is 2010 g/mol. The Hall–Kier alpha value is -16.8. The Labute approximate surface area is 835 Å². The second kappa shape index (κ2) is 45.4. The summed E-state index contributed by atoms with van der Waals surface area (Å²) in [5.41, 5.74) is 7.52. The number of nitrogens with one attached hydrogen (secondary N) is 4. The molecule has 30 nitrogen and oxygen atoms in total. The second-order valence-corrected chi connectivity index (χ2v) is 37.3. The molecule has 2 aliphatic rings. The zero-order valence-corrected chi connectivity index (χ0v) is 82.0. The van der Waals surface area contributed by atoms with Crippen LogP contribution in [0.15, 0.2) is 258 Å². The summed E-state index contributed by atoms with van der Waals surface area (Å²) in [6.45, 7) is 14.5. The van der Waals surface area contributed by atoms with Crippen molar-refractivity contribution in [3.63, 3.8) is 0 Å². The van der Waals surface area contributed by atoms with E-state index in [1.165, 1.54) is 110 Å². The number of halogens is 3. The van der Waals surface area contributed by atoms with E-state index in [0.29, 0.717) is 128 Å². The minimum atomic E-state index is -1.62. The molecule has 143 heavy (non-hydrogen) atoms. The molecule has 12 aromatic heterocycles. The highest BCUT2D eigenvalue weighted by Gasteiger charge is 2.34. The van der Waals surface area contributed by atoms with E-state index < -0.39 is 34.4 Å². The lowest BCUT2D eigenvalue weighted by molar-refractivity contribution is 0.100. The number of benzene rings is 5. The number of hydrogen-bond donors (Lipinski definition) is 4. The summed E-state index contributed by atoms with van der Waals surface area (Å²) in [5, 5.41) is 72.1. The van der Waals surface area contributed by atoms with E-state index in [9.17, 15) is 71.6 Å². The Morgan fingerprint density at radius 1 is 0.385 bits per heavy atom. The number of nitrogens with zero attached hydrogens (tertiary/aromatic N) is 16. The van der Waals surface area contributed by atoms with Gasteiger partial charge in [0.25, 0.3) is 27.8 Å². The largest absolute Gasteiger partial charge is 0.350 e. The van der Waals surface area contributed by atoms with E-state index >= 15 is 0 Å². The fraction of sp³-hybridized carbons (Fsp3) is 0.181. The van der Waals surface area contributed by atoms with Crippen LogP contribution in [-0.4, -0.2) is 87.8 Å². The van der Waals surface area contributed by atoms with Gasteiger partial charge in [-0.3, -0.25) is 57.9 Å². The van der Waals surface area contributed by atoms with Crippen molar-refractivity contribution in [2.75, 3.05) is 26.2 Å². The molecule has 2 aliphatic carbocycles. The van der Waals surface area contributed by atoms with Crippen molar-refractivity contribution < 1.29 is 37.1 Å². The number of rotatable bonds is 28. The summed E-state index contributed by atoms with van der Waals surface area (Å²) in [6.07, 6.45) is 9.46. The van der Waals surface area contributed by atoms with Gasteiger partial charge in [-0.2, -0.15) is 41.3 Å². The van der Waals surface area contributed by atoms with Crippen LogP contribution in [0.25, 0.3) is 63.8 Å². The maximum Gasteiger partial charge on any atom is 0.291 e. The topological polar surface area (TPSA) is 408 Å². The molecule has 0 unspecified atom stereocenters. The minimum Gasteiger partial charge on any atom is -0.350 e. The number of ketones is 5. The number of hydrogen-bond acceptors (Lipinski definition) is 30. The van der Waals surface area contributed by atoms with Crippen molar-refractivity contribution in [3.05, 3.63) is 347 Å². The zero-order valence-electron chi connectivity index (χ0n) is 77.9. The molecule has 718 valence electrons. The minimum absolute atomic E-state index is 0.00251. The van der Waals surface area contributed by atoms with Crippen LogP contribution in [0, 0.1) is 63.3 Å². The van der Waals surface area contributed by atoms with Crippen molar-refractivity contribution in [1.29, 1.82) is 15.8 Å². The van der Waals surface area contributed by atoms with Gasteiger partial charge in [0.2, 0.25) is 0 Å². The van der Waals surface area contributed by atoms with Gasteiger partial charge in [-0.25, -0.2) is 36.6 Å². The van der Waals surface area contributed by atoms with Crippen molar-refractivity contribution in [3.8, 4) is 71.1 Å². The van der Waals surface area contributed by atoms with E-state index in [1.807, 2.05) is 126 Å². The van der Waals surface area contributed by atoms with E-state index in [0.717, 1.165) is 66.5 Å². The van der Waals surface area contributed by atoms with Crippen molar-refractivity contribution >= 4 is 159 Å². The third-order valence-corrected chi connectivity index (χ3v) is 26.9. The Bertz CT molecular complexity index is 8030. The van der Waals surface area contributed by atoms with Crippen molar-refractivity contribution in [1.82, 2.24) is 58.9 Å². The first-order valence-electron chi connectivity index (χ1n) is 44.9. The zero-order chi connectivity index (χ0) is 101. The third-order valence-electron chi connectivity index (χ3n) is 22.5. The molecular weight excluding hydrogens is 1920 g/mol. The summed E-state index contributed by atoms with van der Waals surface area (Å²) in [6, 6.07) is 59.6. The standard InChI is InChI=1S/C26H19N5O2S.C23H20N4O2S.C19H18N4O2S.C19H16N4O2S.C18H14F3N3O2S/c1-3-30-26(33)25(23(17(2)32)24(29-30)22-5-4-14-34-22)31(20-10-6-18(15-27)7-11-20)21-12-8-19(16-28)9-13-21;1-14(28)20-21(19-8-4-12-30-19)26-27(13-15-9-10-15)23(29)22(20)25-18-7-2-6-17-16(18)5-3-11-24-17;1-12(24)16-17(15-5-3-9-26-15)22-23(11-13-6-7-13)19(25)18(16)21-14-4-2-8-20-10-14;1-3-23-19(25)18(21-14-8-6-13(11-20)7-9-14)16(12(2)24)17(22-23)15-5-4-10-26-15;1-3-24-18(26)17(22-10-7-11(19)15(21)12(20)8-10)14(9(2)25)16(23-24)13-5-4-6-27-13/h4-14H,3H2,1-2H3;2-8,11-12,15,25H,9-10,13H2,1H3;2-5,8-10,13,21H,6-7,11H2,1H3;4-10,21H,3H2,1-2H3;4-8,22H,3H2,1-2H3. The molecule has 0 atom stereocenters. The molecule has 5 aromatic carbocycles. The fourth-order valence-corrected chi connectivity index (χ4v) is 19.0. The number of fused-ring (bicyclic) bond motifs is 1. The third kappa shape index (κ3) is 23.0. The number of anilines is 11. The lowest BCUT2D eigenvalue weighted by atomic mass is 10.0. The number of nitriles is 3. The van der Waals surface area contributed by atoms with E-state index in [-0.39, 0.29) is 103 Å². The van der Waals surface area contributed by atoms with Gasteiger partial charge in [0.15, 0.2) is 46.4 Å². The molecule has 17 aromatic rings. The molecule has 38 heteroatoms. The van der Waals surface area contributed by atoms with Gasteiger partial charge in [0, 0.05) is 91.1 Å². The molecule has 0 radical (unpaired) electrons. The molecule has 0 aliphatic heterocycles. The predicted octanol–water partition coefficient (Wildman–Crippen LogP) is 22.2. The Kier molecular flexibility index (Phi) is 31.9. The highest BCUT2D eigenvalue weighted by atomic mass is 32.1. The Morgan fingerprint density at radius 2 is 0.727 bits per heavy atom. The van der Waals surface area contributed by atoms with Crippen molar-refractivity contribution in [2.24, 2.45) is 11.8 Å². The SMILES string of the molecule is CC(=O)c1c(-c2cccs2)nn(CC2CC2)c(=O)c1Nc1cccc2ncccc12.CC(=O)c1c(-c2cccs2)nn(CC2CC2)c(=O)c1Nc1cccnc1.CCn1nc(-c2cccs2)c(C(C)=O)c(N(c2ccc(C#N)cc2)c2ccc(C#N)cc2)c1=O.CCn1nc(-c2cccs2)c(C(C)=O)c(Nc2cc(F)c(F)c(F)c2)c1=O.CCn1nc(-c2cccs2)c(C(C)=O)c(Nc2ccc(C#N)cc2)c1=O. The first kappa shape index (κ1) is 101. The maximum absolute atomic E-state index is 13.7. The molecule has 0 amide bonds. The molecule has 0 spiro atoms. The summed E-state index contributed by atoms with van der Waals surface area (Å²) >= 11 is 7.23. The number of carbonyl (C=O) groups excluding carboxylic acids is 5. The highest BCUT2D eigenvalue weighted by Crippen LogP contribution is 2.42. The Morgan fingerprint density at radius 3 is 1.08 bits per heavy atom. The number of Topliss-reactive ketones (excluding diaryl/α,β-unsaturated/α-hetero) is 5. The van der Waals surface area contributed by atoms with Crippen LogP contribution in [-0.2, 0) is 32.7 Å². The molecule has 4 N–H and O–H groups in total. The summed E-state index contributed by atoms with van der Waals surface area (Å²) in [7, 11) is 0. The number of pyridine rings is 2. The number of thiophene rings is 5. The quantitative estimate of drug-likeness (QED) is 0.0261. The van der Waals surface area contributed by atoms with Gasteiger partial charge in [0.1, 0.15) is 56.9 Å². The lowest BCUT2D eigenvalue weighted by Gasteiger charge is -2.27. The summed E-state index contributed by atoms with van der Waals surface area (Å²) < 4.78 is 47.1. The number of carbonyl (C=O) groups is 5. The summed E-state index contributed by atoms with van der Waals surface area (Å²) in [4.78, 5) is 143. The number of aryl methyl sites for hydroxylation is 3. The van der Waals surface area contributed by atoms with Crippen LogP contribution in [0.5, 0.6) is 0 Å². The number of aromatic nitrogens is 12. The van der Waals surface area contributed by atoms with Crippen LogP contribution in [0.1, 0.15) is 150 Å². The van der Waals surface area contributed by atoms with E-state index in [1.54, 1.807) is 127 Å². The predicted molar refractivity (Wildman–Crippen MR) is 552 cm³/mol. The van der Waals surface area contributed by atoms with Crippen LogP contribution in [0.2, 0.25) is 0 Å². The molecule has 19 rings (SSSR count). The van der Waals surface area contributed by atoms with Crippen LogP contribution >= 0.6 is 56.7 Å². The molecule has 2 saturated carbocycles. The maximum atomic E-state index is 13.7. The smallest absolute Gasteiger partial charge is 0.291 e. The first-order chi connectivity index (χ1) is 69.1. The van der Waals surface area contributed by atoms with Gasteiger partial charge >= 0.3 is 0 Å². The van der Waals surface area contributed by atoms with Gasteiger partial charge in [-0.1, -0.05) is 36.4 Å². The Balaban J connectivity index is 0.000000135.